The third kappa shape index (κ3) is 3.11. The summed E-state index contributed by atoms with van der Waals surface area (Å²) in [5.41, 5.74) is 1.99. The Morgan fingerprint density at radius 2 is 2.24 bits per heavy atom. The zero-order chi connectivity index (χ0) is 14.7. The van der Waals surface area contributed by atoms with E-state index in [-0.39, 0.29) is 18.1 Å². The van der Waals surface area contributed by atoms with Gasteiger partial charge in [0, 0.05) is 6.61 Å². The van der Waals surface area contributed by atoms with Crippen LogP contribution in [0.15, 0.2) is 36.9 Å². The van der Waals surface area contributed by atoms with Crippen molar-refractivity contribution in [2.24, 2.45) is 0 Å². The molecule has 1 aromatic carbocycles. The lowest BCUT2D eigenvalue weighted by molar-refractivity contribution is -0.130. The van der Waals surface area contributed by atoms with Gasteiger partial charge in [-0.25, -0.2) is 9.67 Å². The number of nitrogens with zero attached hydrogens (tertiary/aromatic N) is 3. The van der Waals surface area contributed by atoms with Gasteiger partial charge in [-0.3, -0.25) is 4.79 Å². The molecule has 1 amide bonds. The van der Waals surface area contributed by atoms with Crippen LogP contribution in [0.3, 0.4) is 0 Å². The predicted octanol–water partition coefficient (Wildman–Crippen LogP) is 1.62. The van der Waals surface area contributed by atoms with Gasteiger partial charge in [-0.05, 0) is 37.5 Å². The summed E-state index contributed by atoms with van der Waals surface area (Å²) in [6.07, 6.45) is 4.63. The van der Waals surface area contributed by atoms with Gasteiger partial charge in [0.25, 0.3) is 0 Å². The van der Waals surface area contributed by atoms with Crippen molar-refractivity contribution in [3.05, 3.63) is 42.5 Å². The lowest BCUT2D eigenvalue weighted by Crippen LogP contribution is -2.35. The van der Waals surface area contributed by atoms with Crippen LogP contribution < -0.4 is 5.32 Å². The first-order chi connectivity index (χ1) is 10.2. The SMILES string of the molecule is C[C@@H](NC(=O)[C@H]1CCCO1)c1ccc(-n2cncn2)cc1. The summed E-state index contributed by atoms with van der Waals surface area (Å²) >= 11 is 0. The van der Waals surface area contributed by atoms with E-state index in [0.717, 1.165) is 24.1 Å². The second kappa shape index (κ2) is 6.05. The van der Waals surface area contributed by atoms with Gasteiger partial charge in [-0.2, -0.15) is 5.10 Å². The van der Waals surface area contributed by atoms with Gasteiger partial charge in [-0.15, -0.1) is 0 Å². The molecule has 2 heterocycles. The molecular weight excluding hydrogens is 268 g/mol. The highest BCUT2D eigenvalue weighted by molar-refractivity contribution is 5.81. The first kappa shape index (κ1) is 13.8. The van der Waals surface area contributed by atoms with Crippen molar-refractivity contribution >= 4 is 5.91 Å². The van der Waals surface area contributed by atoms with E-state index >= 15 is 0 Å². The highest BCUT2D eigenvalue weighted by atomic mass is 16.5. The Morgan fingerprint density at radius 3 is 2.86 bits per heavy atom. The average molecular weight is 286 g/mol. The summed E-state index contributed by atoms with van der Waals surface area (Å²) in [5.74, 6) is -0.0275. The van der Waals surface area contributed by atoms with Crippen LogP contribution >= 0.6 is 0 Å². The molecule has 0 unspecified atom stereocenters. The van der Waals surface area contributed by atoms with E-state index in [0.29, 0.717) is 6.61 Å². The number of hydrogen-bond donors (Lipinski definition) is 1. The first-order valence-corrected chi connectivity index (χ1v) is 7.11. The van der Waals surface area contributed by atoms with Gasteiger partial charge in [0.15, 0.2) is 0 Å². The molecule has 0 spiro atoms. The second-order valence-electron chi connectivity index (χ2n) is 5.16. The Labute approximate surface area is 123 Å². The van der Waals surface area contributed by atoms with Gasteiger partial charge in [0.1, 0.15) is 18.8 Å². The summed E-state index contributed by atoms with van der Waals surface area (Å²) in [6, 6.07) is 7.83. The van der Waals surface area contributed by atoms with Crippen LogP contribution in [0.4, 0.5) is 0 Å². The lowest BCUT2D eigenvalue weighted by Gasteiger charge is -2.17. The van der Waals surface area contributed by atoms with E-state index in [1.165, 1.54) is 6.33 Å². The maximum atomic E-state index is 12.0. The molecule has 21 heavy (non-hydrogen) atoms. The maximum Gasteiger partial charge on any atom is 0.249 e. The van der Waals surface area contributed by atoms with Crippen molar-refractivity contribution in [2.75, 3.05) is 6.61 Å². The number of carbonyl (C=O) groups is 1. The molecule has 6 heteroatoms. The second-order valence-corrected chi connectivity index (χ2v) is 5.16. The molecule has 0 aliphatic carbocycles. The molecule has 110 valence electrons. The van der Waals surface area contributed by atoms with Crippen LogP contribution in [0.5, 0.6) is 0 Å². The Hall–Kier alpha value is -2.21. The number of carbonyl (C=O) groups excluding carboxylic acids is 1. The van der Waals surface area contributed by atoms with Crippen molar-refractivity contribution in [1.82, 2.24) is 20.1 Å². The number of ether oxygens (including phenoxy) is 1. The van der Waals surface area contributed by atoms with Gasteiger partial charge in [0.05, 0.1) is 11.7 Å². The van der Waals surface area contributed by atoms with Gasteiger partial charge in [0.2, 0.25) is 5.91 Å². The van der Waals surface area contributed by atoms with Crippen molar-refractivity contribution in [2.45, 2.75) is 31.9 Å². The topological polar surface area (TPSA) is 69.0 Å². The summed E-state index contributed by atoms with van der Waals surface area (Å²) in [4.78, 5) is 15.9. The fourth-order valence-corrected chi connectivity index (χ4v) is 2.43. The Kier molecular flexibility index (Phi) is 3.96. The summed E-state index contributed by atoms with van der Waals surface area (Å²) < 4.78 is 7.08. The van der Waals surface area contributed by atoms with E-state index in [4.69, 9.17) is 4.74 Å². The van der Waals surface area contributed by atoms with E-state index in [1.54, 1.807) is 11.0 Å². The largest absolute Gasteiger partial charge is 0.368 e. The van der Waals surface area contributed by atoms with Crippen molar-refractivity contribution < 1.29 is 9.53 Å². The van der Waals surface area contributed by atoms with E-state index in [2.05, 4.69) is 15.4 Å². The monoisotopic (exact) mass is 286 g/mol. The van der Waals surface area contributed by atoms with Crippen LogP contribution in [0, 0.1) is 0 Å². The van der Waals surface area contributed by atoms with E-state index in [1.807, 2.05) is 31.2 Å². The Balaban J connectivity index is 1.64. The third-order valence-electron chi connectivity index (χ3n) is 3.66. The van der Waals surface area contributed by atoms with Crippen molar-refractivity contribution in [3.63, 3.8) is 0 Å². The predicted molar refractivity (Wildman–Crippen MR) is 76.9 cm³/mol. The van der Waals surface area contributed by atoms with E-state index < -0.39 is 0 Å². The summed E-state index contributed by atoms with van der Waals surface area (Å²) in [7, 11) is 0. The number of aromatic nitrogens is 3. The maximum absolute atomic E-state index is 12.0. The molecule has 1 saturated heterocycles. The molecule has 1 N–H and O–H groups in total. The third-order valence-corrected chi connectivity index (χ3v) is 3.66. The normalized spacial score (nSPS) is 19.4. The standard InChI is InChI=1S/C15H18N4O2/c1-11(18-15(20)14-3-2-8-21-14)12-4-6-13(7-5-12)19-10-16-9-17-19/h4-7,9-11,14H,2-3,8H2,1H3,(H,18,20)/t11-,14-/m1/s1. The molecular formula is C15H18N4O2. The molecule has 2 aromatic rings. The number of amides is 1. The van der Waals surface area contributed by atoms with Crippen LogP contribution in [0.25, 0.3) is 5.69 Å². The molecule has 6 nitrogen and oxygen atoms in total. The molecule has 0 radical (unpaired) electrons. The van der Waals surface area contributed by atoms with Crippen LogP contribution in [0.2, 0.25) is 0 Å². The van der Waals surface area contributed by atoms with Crippen molar-refractivity contribution in [1.29, 1.82) is 0 Å². The number of nitrogens with one attached hydrogen (secondary N) is 1. The van der Waals surface area contributed by atoms with Gasteiger partial charge >= 0.3 is 0 Å². The number of rotatable bonds is 4. The minimum absolute atomic E-state index is 0.0275. The summed E-state index contributed by atoms with van der Waals surface area (Å²) in [5, 5.41) is 7.07. The molecule has 1 aliphatic heterocycles. The molecule has 3 rings (SSSR count). The average Bonchev–Trinajstić information content (AvgIpc) is 3.20. The quantitative estimate of drug-likeness (QED) is 0.927. The Bertz CT molecular complexity index is 589. The van der Waals surface area contributed by atoms with Crippen LogP contribution in [0.1, 0.15) is 31.4 Å². The van der Waals surface area contributed by atoms with Gasteiger partial charge in [-0.1, -0.05) is 12.1 Å². The molecule has 1 aliphatic rings. The van der Waals surface area contributed by atoms with Crippen molar-refractivity contribution in [3.8, 4) is 5.69 Å². The van der Waals surface area contributed by atoms with E-state index in [9.17, 15) is 4.79 Å². The molecule has 1 aromatic heterocycles. The fraction of sp³-hybridized carbons (Fsp3) is 0.400. The van der Waals surface area contributed by atoms with Crippen LogP contribution in [-0.4, -0.2) is 33.4 Å². The van der Waals surface area contributed by atoms with Gasteiger partial charge < -0.3 is 10.1 Å². The lowest BCUT2D eigenvalue weighted by atomic mass is 10.1. The Morgan fingerprint density at radius 1 is 1.43 bits per heavy atom. The minimum atomic E-state index is -0.290. The zero-order valence-electron chi connectivity index (χ0n) is 11.9. The number of benzene rings is 1. The molecule has 1 fully saturated rings. The summed E-state index contributed by atoms with van der Waals surface area (Å²) in [6.45, 7) is 2.65. The first-order valence-electron chi connectivity index (χ1n) is 7.11. The smallest absolute Gasteiger partial charge is 0.249 e. The number of hydrogen-bond acceptors (Lipinski definition) is 4. The highest BCUT2D eigenvalue weighted by Crippen LogP contribution is 2.17. The zero-order valence-corrected chi connectivity index (χ0v) is 11.9. The highest BCUT2D eigenvalue weighted by Gasteiger charge is 2.24. The fourth-order valence-electron chi connectivity index (χ4n) is 2.43. The minimum Gasteiger partial charge on any atom is -0.368 e. The van der Waals surface area contributed by atoms with Crippen LogP contribution in [-0.2, 0) is 9.53 Å². The molecule has 2 atom stereocenters. The molecule has 0 saturated carbocycles. The molecule has 0 bridgehead atoms.